The van der Waals surface area contributed by atoms with Crippen molar-refractivity contribution in [1.29, 1.82) is 0 Å². The van der Waals surface area contributed by atoms with E-state index >= 15 is 0 Å². The van der Waals surface area contributed by atoms with Gasteiger partial charge in [0.2, 0.25) is 11.4 Å². The third-order valence-corrected chi connectivity index (χ3v) is 5.61. The molecule has 24 heavy (non-hydrogen) atoms. The smallest absolute Gasteiger partial charge is 0.248 e. The highest BCUT2D eigenvalue weighted by molar-refractivity contribution is 8.00. The molecule has 2 aliphatic rings. The topological polar surface area (TPSA) is 106 Å². The van der Waals surface area contributed by atoms with Gasteiger partial charge in [0.1, 0.15) is 11.4 Å². The summed E-state index contributed by atoms with van der Waals surface area (Å²) in [7, 11) is 0. The van der Waals surface area contributed by atoms with Gasteiger partial charge in [-0.1, -0.05) is 4.52 Å². The molecule has 4 heterocycles. The Morgan fingerprint density at radius 1 is 1.50 bits per heavy atom. The number of H-pyrrole nitrogens is 1. The van der Waals surface area contributed by atoms with Crippen LogP contribution in [0.3, 0.4) is 0 Å². The van der Waals surface area contributed by atoms with E-state index in [1.54, 1.807) is 0 Å². The van der Waals surface area contributed by atoms with Crippen LogP contribution in [-0.2, 0) is 16.0 Å². The number of nitrogens with one attached hydrogen (secondary N) is 1. The minimum Gasteiger partial charge on any atom is -0.543 e. The molecule has 7 nitrogen and oxygen atoms in total. The summed E-state index contributed by atoms with van der Waals surface area (Å²) in [5.74, 6) is -1.15. The van der Waals surface area contributed by atoms with Gasteiger partial charge in [-0.2, -0.15) is 5.10 Å². The average Bonchev–Trinajstić information content (AvgIpc) is 2.96. The number of aromatic nitrogens is 2. The highest BCUT2D eigenvalue weighted by atomic mass is 35.5. The van der Waals surface area contributed by atoms with Gasteiger partial charge >= 0.3 is 0 Å². The number of rotatable bonds is 3. The second kappa shape index (κ2) is 6.12. The molecule has 1 saturated heterocycles. The molecule has 126 valence electrons. The molecule has 1 amide bonds. The normalized spacial score (nSPS) is 22.9. The lowest BCUT2D eigenvalue weighted by molar-refractivity contribution is -0.576. The number of hydrogen-bond donors (Lipinski definition) is 2. The standard InChI is InChI=1S/C15H14N4O3S.ClH/c16-11-13(20)19-12(15(21)22)9(7-23-14(11)19)5-8-6-17-18-4-2-1-3-10(8)18;/h1-4,6,11,14H,5,7,16H2,(H,21,22);1H/t11-,14+;/m1./s1. The van der Waals surface area contributed by atoms with E-state index in [1.807, 2.05) is 35.1 Å². The second-order valence-corrected chi connectivity index (χ2v) is 6.71. The largest absolute Gasteiger partial charge is 0.543 e. The van der Waals surface area contributed by atoms with Crippen LogP contribution >= 0.6 is 24.2 Å². The predicted molar refractivity (Wildman–Crippen MR) is 88.0 cm³/mol. The number of hydrogen-bond acceptors (Lipinski definition) is 5. The van der Waals surface area contributed by atoms with Crippen molar-refractivity contribution in [3.05, 3.63) is 47.4 Å². The molecule has 2 aromatic heterocycles. The molecule has 0 bridgehead atoms. The minimum absolute atomic E-state index is 0. The number of pyridine rings is 1. The SMILES string of the molecule is Cl.N[C@@H]1C(=O)N2C(C(=O)[O-])=C(Cc3c[nH][n+]4ccccc34)CS[C@@H]12. The van der Waals surface area contributed by atoms with Crippen molar-refractivity contribution in [2.45, 2.75) is 17.8 Å². The lowest BCUT2D eigenvalue weighted by atomic mass is 10.00. The van der Waals surface area contributed by atoms with Gasteiger partial charge in [0, 0.05) is 24.3 Å². The Hall–Kier alpha value is -2.03. The molecule has 0 spiro atoms. The van der Waals surface area contributed by atoms with E-state index in [-0.39, 0.29) is 29.4 Å². The van der Waals surface area contributed by atoms with Crippen molar-refractivity contribution in [1.82, 2.24) is 10.00 Å². The first-order valence-electron chi connectivity index (χ1n) is 7.18. The van der Waals surface area contributed by atoms with Crippen molar-refractivity contribution >= 4 is 41.6 Å². The van der Waals surface area contributed by atoms with Gasteiger partial charge in [-0.05, 0) is 11.6 Å². The van der Waals surface area contributed by atoms with E-state index < -0.39 is 12.0 Å². The highest BCUT2D eigenvalue weighted by Crippen LogP contribution is 2.40. The zero-order chi connectivity index (χ0) is 16.1. The van der Waals surface area contributed by atoms with Crippen LogP contribution in [0.2, 0.25) is 0 Å². The molecule has 1 fully saturated rings. The summed E-state index contributed by atoms with van der Waals surface area (Å²) in [5, 5.41) is 14.4. The van der Waals surface area contributed by atoms with E-state index in [1.165, 1.54) is 16.7 Å². The first kappa shape index (κ1) is 16.8. The molecule has 0 radical (unpaired) electrons. The van der Waals surface area contributed by atoms with E-state index in [0.29, 0.717) is 17.7 Å². The van der Waals surface area contributed by atoms with E-state index in [9.17, 15) is 14.7 Å². The van der Waals surface area contributed by atoms with Gasteiger partial charge in [-0.3, -0.25) is 9.69 Å². The Labute approximate surface area is 147 Å². The number of fused-ring (bicyclic) bond motifs is 2. The molecule has 3 N–H and O–H groups in total. The number of carboxylic acids is 1. The number of carbonyl (C=O) groups excluding carboxylic acids is 2. The summed E-state index contributed by atoms with van der Waals surface area (Å²) >= 11 is 1.50. The summed E-state index contributed by atoms with van der Waals surface area (Å²) in [6.07, 6.45) is 4.17. The maximum atomic E-state index is 11.9. The second-order valence-electron chi connectivity index (χ2n) is 5.61. The number of carboxylic acid groups (broad SMARTS) is 1. The number of carbonyl (C=O) groups is 2. The molecule has 0 aliphatic carbocycles. The first-order valence-corrected chi connectivity index (χ1v) is 8.23. The Balaban J connectivity index is 0.00000169. The van der Waals surface area contributed by atoms with Crippen molar-refractivity contribution < 1.29 is 19.2 Å². The lowest BCUT2D eigenvalue weighted by Gasteiger charge is -2.49. The van der Waals surface area contributed by atoms with Crippen LogP contribution in [0.15, 0.2) is 41.9 Å². The first-order chi connectivity index (χ1) is 11.1. The van der Waals surface area contributed by atoms with Crippen molar-refractivity contribution in [2.75, 3.05) is 5.75 Å². The Morgan fingerprint density at radius 2 is 2.29 bits per heavy atom. The number of amides is 1. The van der Waals surface area contributed by atoms with Gasteiger partial charge in [0.25, 0.3) is 0 Å². The van der Waals surface area contributed by atoms with Crippen molar-refractivity contribution in [2.24, 2.45) is 5.73 Å². The lowest BCUT2D eigenvalue weighted by Crippen LogP contribution is -2.69. The zero-order valence-electron chi connectivity index (χ0n) is 12.5. The number of thioether (sulfide) groups is 1. The summed E-state index contributed by atoms with van der Waals surface area (Å²) in [6, 6.07) is 5.15. The molecule has 2 aliphatic heterocycles. The van der Waals surface area contributed by atoms with Crippen LogP contribution in [0.5, 0.6) is 0 Å². The molecule has 0 unspecified atom stereocenters. The number of nitrogens with zero attached hydrogens (tertiary/aromatic N) is 2. The van der Waals surface area contributed by atoms with Crippen LogP contribution in [0.4, 0.5) is 0 Å². The molecule has 0 saturated carbocycles. The Kier molecular flexibility index (Phi) is 4.29. The fourth-order valence-corrected chi connectivity index (χ4v) is 4.41. The summed E-state index contributed by atoms with van der Waals surface area (Å²) in [5.41, 5.74) is 8.34. The zero-order valence-corrected chi connectivity index (χ0v) is 14.1. The maximum Gasteiger partial charge on any atom is 0.248 e. The van der Waals surface area contributed by atoms with Crippen molar-refractivity contribution in [3.8, 4) is 0 Å². The monoisotopic (exact) mass is 366 g/mol. The third-order valence-electron chi connectivity index (χ3n) is 4.25. The number of aliphatic carboxylic acids is 1. The van der Waals surface area contributed by atoms with Gasteiger partial charge < -0.3 is 15.6 Å². The van der Waals surface area contributed by atoms with Crippen molar-refractivity contribution in [3.63, 3.8) is 0 Å². The van der Waals surface area contributed by atoms with Crippen LogP contribution in [0.25, 0.3) is 5.52 Å². The molecule has 2 atom stereocenters. The highest BCUT2D eigenvalue weighted by Gasteiger charge is 2.50. The van der Waals surface area contributed by atoms with Gasteiger partial charge in [-0.25, -0.2) is 0 Å². The molecule has 0 aromatic carbocycles. The maximum absolute atomic E-state index is 11.9. The summed E-state index contributed by atoms with van der Waals surface area (Å²) in [4.78, 5) is 24.8. The quantitative estimate of drug-likeness (QED) is 0.533. The molecular formula is C15H15ClN4O3S. The fraction of sp³-hybridized carbons (Fsp3) is 0.267. The number of β-lactam (4-membered cyclic amide) rings is 1. The van der Waals surface area contributed by atoms with E-state index in [0.717, 1.165) is 11.1 Å². The Bertz CT molecular complexity index is 865. The molecular weight excluding hydrogens is 352 g/mol. The van der Waals surface area contributed by atoms with Gasteiger partial charge in [0.15, 0.2) is 6.20 Å². The van der Waals surface area contributed by atoms with Crippen LogP contribution < -0.4 is 15.4 Å². The fourth-order valence-electron chi connectivity index (χ4n) is 3.11. The van der Waals surface area contributed by atoms with E-state index in [4.69, 9.17) is 5.73 Å². The molecule has 2 aromatic rings. The Morgan fingerprint density at radius 3 is 3.04 bits per heavy atom. The molecule has 9 heteroatoms. The predicted octanol–water partition coefficient (Wildman–Crippen LogP) is -1.04. The van der Waals surface area contributed by atoms with Crippen LogP contribution in [0, 0.1) is 0 Å². The summed E-state index contributed by atoms with van der Waals surface area (Å²) in [6.45, 7) is 0. The number of nitrogens with two attached hydrogens (primary N) is 1. The number of halogens is 1. The van der Waals surface area contributed by atoms with Crippen LogP contribution in [0.1, 0.15) is 5.56 Å². The average molecular weight is 367 g/mol. The third kappa shape index (κ3) is 2.38. The van der Waals surface area contributed by atoms with E-state index in [2.05, 4.69) is 5.10 Å². The summed E-state index contributed by atoms with van der Waals surface area (Å²) < 4.78 is 1.86. The van der Waals surface area contributed by atoms with Gasteiger partial charge in [-0.15, -0.1) is 24.2 Å². The minimum atomic E-state index is -1.32. The molecule has 4 rings (SSSR count). The van der Waals surface area contributed by atoms with Gasteiger partial charge in [0.05, 0.1) is 23.4 Å². The van der Waals surface area contributed by atoms with Crippen LogP contribution in [-0.4, -0.2) is 39.0 Å². The number of aromatic amines is 1.